The van der Waals surface area contributed by atoms with E-state index in [9.17, 15) is 9.59 Å². The van der Waals surface area contributed by atoms with Crippen molar-refractivity contribution >= 4 is 12.0 Å². The lowest BCUT2D eigenvalue weighted by molar-refractivity contribution is -0.137. The van der Waals surface area contributed by atoms with Crippen LogP contribution in [0, 0.1) is 5.92 Å². The van der Waals surface area contributed by atoms with E-state index in [1.807, 2.05) is 6.92 Å². The van der Waals surface area contributed by atoms with Gasteiger partial charge in [-0.25, -0.2) is 4.79 Å². The zero-order chi connectivity index (χ0) is 13.7. The molecule has 0 aliphatic heterocycles. The summed E-state index contributed by atoms with van der Waals surface area (Å²) in [6.45, 7) is 2.63. The highest BCUT2D eigenvalue weighted by Crippen LogP contribution is 2.29. The van der Waals surface area contributed by atoms with E-state index in [0.29, 0.717) is 19.0 Å². The lowest BCUT2D eigenvalue weighted by Gasteiger charge is -2.28. The number of urea groups is 1. The molecule has 0 spiro atoms. The van der Waals surface area contributed by atoms with Crippen LogP contribution in [-0.2, 0) is 9.53 Å². The highest BCUT2D eigenvalue weighted by molar-refractivity contribution is 5.80. The number of ether oxygens (including phenoxy) is 1. The second-order valence-corrected chi connectivity index (χ2v) is 4.93. The number of carboxylic acid groups (broad SMARTS) is 1. The maximum absolute atomic E-state index is 12.1. The minimum Gasteiger partial charge on any atom is -0.480 e. The van der Waals surface area contributed by atoms with Crippen LogP contribution < -0.4 is 0 Å². The Morgan fingerprint density at radius 2 is 2.06 bits per heavy atom. The van der Waals surface area contributed by atoms with Crippen LogP contribution in [0.3, 0.4) is 0 Å². The van der Waals surface area contributed by atoms with Crippen molar-refractivity contribution in [3.05, 3.63) is 0 Å². The Labute approximate surface area is 107 Å². The first kappa shape index (κ1) is 14.8. The molecule has 1 fully saturated rings. The lowest BCUT2D eigenvalue weighted by Crippen LogP contribution is -2.46. The molecule has 1 aliphatic rings. The second-order valence-electron chi connectivity index (χ2n) is 4.93. The zero-order valence-corrected chi connectivity index (χ0v) is 11.3. The van der Waals surface area contributed by atoms with Gasteiger partial charge in [0.05, 0.1) is 6.10 Å². The van der Waals surface area contributed by atoms with Crippen molar-refractivity contribution in [2.24, 2.45) is 5.92 Å². The molecule has 0 radical (unpaired) electrons. The number of likely N-dealkylation sites (N-methyl/N-ethyl adjacent to an activating group) is 1. The van der Waals surface area contributed by atoms with Crippen LogP contribution in [0.2, 0.25) is 0 Å². The molecule has 1 saturated carbocycles. The maximum atomic E-state index is 12.1. The summed E-state index contributed by atoms with van der Waals surface area (Å²) >= 11 is 0. The van der Waals surface area contributed by atoms with E-state index < -0.39 is 5.97 Å². The van der Waals surface area contributed by atoms with Crippen molar-refractivity contribution in [1.82, 2.24) is 9.80 Å². The van der Waals surface area contributed by atoms with Gasteiger partial charge in [0, 0.05) is 27.2 Å². The van der Waals surface area contributed by atoms with Gasteiger partial charge in [0.1, 0.15) is 6.54 Å². The Balaban J connectivity index is 2.52. The van der Waals surface area contributed by atoms with Crippen molar-refractivity contribution in [2.75, 3.05) is 33.8 Å². The maximum Gasteiger partial charge on any atom is 0.323 e. The van der Waals surface area contributed by atoms with Crippen molar-refractivity contribution < 1.29 is 19.4 Å². The molecule has 18 heavy (non-hydrogen) atoms. The van der Waals surface area contributed by atoms with Crippen LogP contribution >= 0.6 is 0 Å². The Hall–Kier alpha value is -1.30. The molecule has 0 aromatic rings. The molecule has 0 heterocycles. The van der Waals surface area contributed by atoms with Gasteiger partial charge in [-0.05, 0) is 25.7 Å². The van der Waals surface area contributed by atoms with Crippen molar-refractivity contribution in [3.63, 3.8) is 0 Å². The number of amides is 2. The minimum absolute atomic E-state index is 0.0634. The SMILES string of the molecule is COC(C)CN(C)C(=O)N(CC(=O)O)CC1CC1. The summed E-state index contributed by atoms with van der Waals surface area (Å²) in [6, 6.07) is -0.242. The molecule has 1 N–H and O–H groups in total. The first-order valence-corrected chi connectivity index (χ1v) is 6.18. The van der Waals surface area contributed by atoms with E-state index in [1.165, 1.54) is 9.80 Å². The van der Waals surface area contributed by atoms with Gasteiger partial charge in [0.25, 0.3) is 0 Å². The summed E-state index contributed by atoms with van der Waals surface area (Å²) in [6.07, 6.45) is 2.11. The topological polar surface area (TPSA) is 70.1 Å². The molecule has 1 aliphatic carbocycles. The monoisotopic (exact) mass is 258 g/mol. The molecular formula is C12H22N2O4. The molecule has 0 aromatic carbocycles. The summed E-state index contributed by atoms with van der Waals surface area (Å²) in [5.74, 6) is -0.501. The summed E-state index contributed by atoms with van der Waals surface area (Å²) in [5, 5.41) is 8.84. The number of methoxy groups -OCH3 is 1. The van der Waals surface area contributed by atoms with Gasteiger partial charge in [-0.15, -0.1) is 0 Å². The van der Waals surface area contributed by atoms with E-state index in [-0.39, 0.29) is 18.7 Å². The van der Waals surface area contributed by atoms with Crippen LogP contribution in [0.1, 0.15) is 19.8 Å². The van der Waals surface area contributed by atoms with Gasteiger partial charge in [0.15, 0.2) is 0 Å². The summed E-state index contributed by atoms with van der Waals surface area (Å²) in [7, 11) is 3.25. The number of rotatable bonds is 7. The molecule has 1 atom stereocenters. The minimum atomic E-state index is -0.975. The predicted octanol–water partition coefficient (Wildman–Crippen LogP) is 0.870. The van der Waals surface area contributed by atoms with Crippen LogP contribution in [0.15, 0.2) is 0 Å². The quantitative estimate of drug-likeness (QED) is 0.735. The number of hydrogen-bond donors (Lipinski definition) is 1. The number of carbonyl (C=O) groups is 2. The molecule has 1 rings (SSSR count). The van der Waals surface area contributed by atoms with Crippen molar-refractivity contribution in [1.29, 1.82) is 0 Å². The Morgan fingerprint density at radius 1 is 1.44 bits per heavy atom. The van der Waals surface area contributed by atoms with Crippen molar-refractivity contribution in [3.8, 4) is 0 Å². The van der Waals surface area contributed by atoms with E-state index in [0.717, 1.165) is 12.8 Å². The van der Waals surface area contributed by atoms with Gasteiger partial charge in [-0.2, -0.15) is 0 Å². The van der Waals surface area contributed by atoms with Crippen LogP contribution in [0.5, 0.6) is 0 Å². The average molecular weight is 258 g/mol. The van der Waals surface area contributed by atoms with Gasteiger partial charge in [0.2, 0.25) is 0 Å². The zero-order valence-electron chi connectivity index (χ0n) is 11.3. The molecule has 6 heteroatoms. The van der Waals surface area contributed by atoms with Gasteiger partial charge < -0.3 is 19.6 Å². The van der Waals surface area contributed by atoms with Gasteiger partial charge in [-0.1, -0.05) is 0 Å². The number of nitrogens with zero attached hydrogens (tertiary/aromatic N) is 2. The van der Waals surface area contributed by atoms with Crippen molar-refractivity contribution in [2.45, 2.75) is 25.9 Å². The Kier molecular flexibility index (Phi) is 5.40. The third kappa shape index (κ3) is 4.91. The first-order valence-electron chi connectivity index (χ1n) is 6.18. The smallest absolute Gasteiger partial charge is 0.323 e. The lowest BCUT2D eigenvalue weighted by atomic mass is 10.3. The average Bonchev–Trinajstić information content (AvgIpc) is 3.10. The molecule has 104 valence electrons. The van der Waals surface area contributed by atoms with Gasteiger partial charge >= 0.3 is 12.0 Å². The van der Waals surface area contributed by atoms with Gasteiger partial charge in [-0.3, -0.25) is 4.79 Å². The van der Waals surface area contributed by atoms with E-state index in [4.69, 9.17) is 9.84 Å². The van der Waals surface area contributed by atoms with Crippen LogP contribution in [0.4, 0.5) is 4.79 Å². The largest absolute Gasteiger partial charge is 0.480 e. The predicted molar refractivity (Wildman–Crippen MR) is 66.4 cm³/mol. The summed E-state index contributed by atoms with van der Waals surface area (Å²) < 4.78 is 5.10. The second kappa shape index (κ2) is 6.58. The van der Waals surface area contributed by atoms with Crippen LogP contribution in [0.25, 0.3) is 0 Å². The van der Waals surface area contributed by atoms with E-state index >= 15 is 0 Å². The fourth-order valence-electron chi connectivity index (χ4n) is 1.77. The highest BCUT2D eigenvalue weighted by Gasteiger charge is 2.29. The number of aliphatic carboxylic acids is 1. The fourth-order valence-corrected chi connectivity index (χ4v) is 1.77. The van der Waals surface area contributed by atoms with E-state index in [2.05, 4.69) is 0 Å². The number of carbonyl (C=O) groups excluding carboxylic acids is 1. The third-order valence-electron chi connectivity index (χ3n) is 3.03. The Bertz CT molecular complexity index is 304. The van der Waals surface area contributed by atoms with E-state index in [1.54, 1.807) is 14.2 Å². The molecule has 0 bridgehead atoms. The van der Waals surface area contributed by atoms with Crippen LogP contribution in [-0.4, -0.2) is 66.8 Å². The number of hydrogen-bond acceptors (Lipinski definition) is 3. The molecule has 0 saturated heterocycles. The molecule has 0 aromatic heterocycles. The summed E-state index contributed by atoms with van der Waals surface area (Å²) in [4.78, 5) is 25.8. The molecule has 6 nitrogen and oxygen atoms in total. The molecular weight excluding hydrogens is 236 g/mol. The highest BCUT2D eigenvalue weighted by atomic mass is 16.5. The molecule has 2 amide bonds. The first-order chi connectivity index (χ1) is 8.43. The fraction of sp³-hybridized carbons (Fsp3) is 0.833. The third-order valence-corrected chi connectivity index (χ3v) is 3.03. The number of carboxylic acids is 1. The Morgan fingerprint density at radius 3 is 2.50 bits per heavy atom. The standard InChI is InChI=1S/C12H22N2O4/c1-9(18-3)6-13(2)12(17)14(8-11(15)16)7-10-4-5-10/h9-10H,4-8H2,1-3H3,(H,15,16). The normalized spacial score (nSPS) is 16.2. The summed E-state index contributed by atoms with van der Waals surface area (Å²) in [5.41, 5.74) is 0. The molecule has 1 unspecified atom stereocenters.